The summed E-state index contributed by atoms with van der Waals surface area (Å²) >= 11 is 2.94. The number of hydrogen-bond donors (Lipinski definition) is 1. The molecule has 8 heteroatoms. The third-order valence-electron chi connectivity index (χ3n) is 4.09. The van der Waals surface area contributed by atoms with Crippen molar-refractivity contribution >= 4 is 39.2 Å². The number of carbonyl (C=O) groups excluding carboxylic acids is 1. The Balaban J connectivity index is 1.67. The Hall–Kier alpha value is -2.06. The minimum absolute atomic E-state index is 0.175. The van der Waals surface area contributed by atoms with Gasteiger partial charge in [0.15, 0.2) is 11.6 Å². The summed E-state index contributed by atoms with van der Waals surface area (Å²) in [6.45, 7) is 5.78. The molecule has 0 aliphatic heterocycles. The average Bonchev–Trinajstić information content (AvgIpc) is 2.90. The molecule has 0 aliphatic rings. The summed E-state index contributed by atoms with van der Waals surface area (Å²) in [6, 6.07) is 3.19. The lowest BCUT2D eigenvalue weighted by atomic mass is 10.1. The van der Waals surface area contributed by atoms with Gasteiger partial charge in [0.25, 0.3) is 0 Å². The van der Waals surface area contributed by atoms with Gasteiger partial charge in [-0.1, -0.05) is 17.8 Å². The zero-order valence-corrected chi connectivity index (χ0v) is 16.1. The molecule has 26 heavy (non-hydrogen) atoms. The predicted molar refractivity (Wildman–Crippen MR) is 101 cm³/mol. The summed E-state index contributed by atoms with van der Waals surface area (Å²) in [4.78, 5) is 22.9. The van der Waals surface area contributed by atoms with Gasteiger partial charge in [0.1, 0.15) is 16.2 Å². The first-order valence-electron chi connectivity index (χ1n) is 7.94. The fourth-order valence-corrected chi connectivity index (χ4v) is 4.47. The summed E-state index contributed by atoms with van der Waals surface area (Å²) in [7, 11) is 0. The molecule has 136 valence electrons. The van der Waals surface area contributed by atoms with Gasteiger partial charge in [-0.3, -0.25) is 4.79 Å². The van der Waals surface area contributed by atoms with Gasteiger partial charge < -0.3 is 5.32 Å². The van der Waals surface area contributed by atoms with Crippen LogP contribution in [0.2, 0.25) is 0 Å². The number of nitrogens with one attached hydrogen (secondary N) is 1. The minimum Gasteiger partial charge on any atom is -0.349 e. The van der Waals surface area contributed by atoms with E-state index in [2.05, 4.69) is 15.3 Å². The van der Waals surface area contributed by atoms with Crippen LogP contribution < -0.4 is 5.32 Å². The van der Waals surface area contributed by atoms with E-state index in [1.807, 2.05) is 13.8 Å². The van der Waals surface area contributed by atoms with E-state index < -0.39 is 17.7 Å². The molecular formula is C18H17F2N3OS2. The maximum Gasteiger partial charge on any atom is 0.230 e. The molecule has 4 nitrogen and oxygen atoms in total. The number of aryl methyl sites for hydroxylation is 2. The molecule has 0 radical (unpaired) electrons. The van der Waals surface area contributed by atoms with Gasteiger partial charge in [-0.15, -0.1) is 11.3 Å². The molecular weight excluding hydrogens is 376 g/mol. The Morgan fingerprint density at radius 1 is 1.27 bits per heavy atom. The van der Waals surface area contributed by atoms with Crippen LogP contribution in [0.25, 0.3) is 10.2 Å². The first-order chi connectivity index (χ1) is 12.4. The van der Waals surface area contributed by atoms with Crippen LogP contribution in [-0.4, -0.2) is 21.6 Å². The second-order valence-corrected chi connectivity index (χ2v) is 8.06. The van der Waals surface area contributed by atoms with Gasteiger partial charge in [0.05, 0.1) is 11.8 Å². The molecule has 3 aromatic rings. The molecule has 0 saturated heterocycles. The van der Waals surface area contributed by atoms with E-state index in [0.29, 0.717) is 5.56 Å². The number of nitrogens with zero attached hydrogens (tertiary/aromatic N) is 2. The van der Waals surface area contributed by atoms with Crippen molar-refractivity contribution < 1.29 is 13.6 Å². The third-order valence-corrected chi connectivity index (χ3v) is 6.20. The number of amides is 1. The predicted octanol–water partition coefficient (Wildman–Crippen LogP) is 4.56. The quantitative estimate of drug-likeness (QED) is 0.510. The van der Waals surface area contributed by atoms with E-state index in [1.165, 1.54) is 29.0 Å². The van der Waals surface area contributed by atoms with Crippen molar-refractivity contribution in [3.05, 3.63) is 52.2 Å². The number of thiophene rings is 1. The molecule has 2 heterocycles. The van der Waals surface area contributed by atoms with Crippen LogP contribution in [-0.2, 0) is 4.79 Å². The van der Waals surface area contributed by atoms with Crippen molar-refractivity contribution in [2.45, 2.75) is 31.8 Å². The van der Waals surface area contributed by atoms with Crippen molar-refractivity contribution in [2.24, 2.45) is 0 Å². The van der Waals surface area contributed by atoms with E-state index >= 15 is 0 Å². The molecule has 0 bridgehead atoms. The molecule has 1 amide bonds. The lowest BCUT2D eigenvalue weighted by molar-refractivity contribution is -0.119. The van der Waals surface area contributed by atoms with Gasteiger partial charge in [0, 0.05) is 10.3 Å². The Morgan fingerprint density at radius 2 is 2.04 bits per heavy atom. The fraction of sp³-hybridized carbons (Fsp3) is 0.278. The summed E-state index contributed by atoms with van der Waals surface area (Å²) in [5.74, 6) is -1.86. The van der Waals surface area contributed by atoms with E-state index in [9.17, 15) is 13.6 Å². The SMILES string of the molecule is Cc1sc2ncnc(SCC(=O)NC(C)c3ccc(F)c(F)c3)c2c1C. The molecule has 3 rings (SSSR count). The summed E-state index contributed by atoms with van der Waals surface area (Å²) in [5, 5.41) is 4.55. The van der Waals surface area contributed by atoms with E-state index in [0.717, 1.165) is 32.9 Å². The fourth-order valence-electron chi connectivity index (χ4n) is 2.54. The van der Waals surface area contributed by atoms with Gasteiger partial charge in [-0.25, -0.2) is 18.7 Å². The van der Waals surface area contributed by atoms with Crippen LogP contribution in [0.1, 0.15) is 29.0 Å². The zero-order chi connectivity index (χ0) is 18.8. The summed E-state index contributed by atoms with van der Waals surface area (Å²) in [5.41, 5.74) is 1.64. The highest BCUT2D eigenvalue weighted by Crippen LogP contribution is 2.34. The van der Waals surface area contributed by atoms with E-state index in [-0.39, 0.29) is 11.7 Å². The highest BCUT2D eigenvalue weighted by molar-refractivity contribution is 8.00. The second-order valence-electron chi connectivity index (χ2n) is 5.89. The first-order valence-corrected chi connectivity index (χ1v) is 9.75. The molecule has 0 aliphatic carbocycles. The third kappa shape index (κ3) is 3.86. The van der Waals surface area contributed by atoms with Crippen molar-refractivity contribution in [3.8, 4) is 0 Å². The van der Waals surface area contributed by atoms with E-state index in [4.69, 9.17) is 0 Å². The van der Waals surface area contributed by atoms with Gasteiger partial charge in [0.2, 0.25) is 5.91 Å². The van der Waals surface area contributed by atoms with Crippen LogP contribution in [0.5, 0.6) is 0 Å². The molecule has 0 saturated carbocycles. The monoisotopic (exact) mass is 393 g/mol. The zero-order valence-electron chi connectivity index (χ0n) is 14.5. The topological polar surface area (TPSA) is 54.9 Å². The van der Waals surface area contributed by atoms with Crippen molar-refractivity contribution in [1.29, 1.82) is 0 Å². The Morgan fingerprint density at radius 3 is 2.77 bits per heavy atom. The maximum absolute atomic E-state index is 13.3. The van der Waals surface area contributed by atoms with Gasteiger partial charge in [-0.05, 0) is 44.0 Å². The normalized spacial score (nSPS) is 12.3. The number of hydrogen-bond acceptors (Lipinski definition) is 5. The van der Waals surface area contributed by atoms with Crippen LogP contribution in [0.4, 0.5) is 8.78 Å². The number of fused-ring (bicyclic) bond motifs is 1. The van der Waals surface area contributed by atoms with Gasteiger partial charge in [-0.2, -0.15) is 0 Å². The van der Waals surface area contributed by atoms with Crippen LogP contribution in [0.3, 0.4) is 0 Å². The number of halogens is 2. The molecule has 2 aromatic heterocycles. The van der Waals surface area contributed by atoms with Crippen molar-refractivity contribution in [2.75, 3.05) is 5.75 Å². The summed E-state index contributed by atoms with van der Waals surface area (Å²) < 4.78 is 26.3. The summed E-state index contributed by atoms with van der Waals surface area (Å²) in [6.07, 6.45) is 1.50. The Bertz CT molecular complexity index is 974. The highest BCUT2D eigenvalue weighted by Gasteiger charge is 2.15. The van der Waals surface area contributed by atoms with E-state index in [1.54, 1.807) is 18.3 Å². The standard InChI is InChI=1S/C18H17F2N3OS2/c1-9-11(3)26-18-16(9)17(21-8-22-18)25-7-15(24)23-10(2)12-4-5-13(19)14(20)6-12/h4-6,8,10H,7H2,1-3H3,(H,23,24). The van der Waals surface area contributed by atoms with Crippen LogP contribution >= 0.6 is 23.1 Å². The number of aromatic nitrogens is 2. The molecule has 1 unspecified atom stereocenters. The van der Waals surface area contributed by atoms with Crippen molar-refractivity contribution in [1.82, 2.24) is 15.3 Å². The lowest BCUT2D eigenvalue weighted by Crippen LogP contribution is -2.28. The van der Waals surface area contributed by atoms with Crippen LogP contribution in [0, 0.1) is 25.5 Å². The minimum atomic E-state index is -0.926. The number of carbonyl (C=O) groups is 1. The molecule has 0 fully saturated rings. The van der Waals surface area contributed by atoms with Crippen molar-refractivity contribution in [3.63, 3.8) is 0 Å². The Labute approximate surface area is 158 Å². The average molecular weight is 393 g/mol. The number of benzene rings is 1. The lowest BCUT2D eigenvalue weighted by Gasteiger charge is -2.14. The largest absolute Gasteiger partial charge is 0.349 e. The molecule has 1 atom stereocenters. The first kappa shape index (κ1) is 18.7. The number of thioether (sulfide) groups is 1. The molecule has 1 N–H and O–H groups in total. The van der Waals surface area contributed by atoms with Crippen LogP contribution in [0.15, 0.2) is 29.6 Å². The van der Waals surface area contributed by atoms with Gasteiger partial charge >= 0.3 is 0 Å². The Kier molecular flexibility index (Phi) is 5.52. The smallest absolute Gasteiger partial charge is 0.230 e. The maximum atomic E-state index is 13.3. The second kappa shape index (κ2) is 7.67. The number of rotatable bonds is 5. The molecule has 1 aromatic carbocycles. The highest BCUT2D eigenvalue weighted by atomic mass is 32.2. The molecule has 0 spiro atoms.